The Balaban J connectivity index is 2.57. The first-order valence-electron chi connectivity index (χ1n) is 4.53. The van der Waals surface area contributed by atoms with Gasteiger partial charge in [0.15, 0.2) is 0 Å². The van der Waals surface area contributed by atoms with Crippen LogP contribution >= 0.6 is 0 Å². The van der Waals surface area contributed by atoms with Crippen molar-refractivity contribution in [2.24, 2.45) is 5.92 Å². The van der Waals surface area contributed by atoms with Crippen LogP contribution in [0.3, 0.4) is 0 Å². The number of hydrogen-bond acceptors (Lipinski definition) is 3. The van der Waals surface area contributed by atoms with Gasteiger partial charge in [-0.2, -0.15) is 5.26 Å². The van der Waals surface area contributed by atoms with Gasteiger partial charge < -0.3 is 5.32 Å². The second-order valence-corrected chi connectivity index (χ2v) is 3.39. The number of nitrogens with zero attached hydrogens (tertiary/aromatic N) is 2. The van der Waals surface area contributed by atoms with Crippen LogP contribution in [0.4, 0.5) is 0 Å². The van der Waals surface area contributed by atoms with Crippen molar-refractivity contribution in [3.05, 3.63) is 0 Å². The molecule has 1 fully saturated rings. The van der Waals surface area contributed by atoms with Crippen LogP contribution in [0, 0.1) is 29.6 Å². The third kappa shape index (κ3) is 2.45. The van der Waals surface area contributed by atoms with Crippen LogP contribution in [0.2, 0.25) is 0 Å². The SMILES string of the molecule is C#CC(CC#N)C1CNCCN1C. The second kappa shape index (κ2) is 4.87. The summed E-state index contributed by atoms with van der Waals surface area (Å²) in [6, 6.07) is 2.46. The molecule has 0 bridgehead atoms. The Bertz CT molecular complexity index is 236. The zero-order valence-electron chi connectivity index (χ0n) is 7.95. The van der Waals surface area contributed by atoms with Crippen molar-refractivity contribution in [2.75, 3.05) is 26.7 Å². The highest BCUT2D eigenvalue weighted by molar-refractivity contribution is 5.04. The van der Waals surface area contributed by atoms with Gasteiger partial charge in [-0.15, -0.1) is 12.3 Å². The fourth-order valence-corrected chi connectivity index (χ4v) is 1.68. The molecule has 0 aromatic carbocycles. The van der Waals surface area contributed by atoms with Crippen LogP contribution in [0.5, 0.6) is 0 Å². The van der Waals surface area contributed by atoms with Crippen molar-refractivity contribution >= 4 is 0 Å². The predicted molar refractivity (Wildman–Crippen MR) is 51.8 cm³/mol. The summed E-state index contributed by atoms with van der Waals surface area (Å²) in [7, 11) is 2.06. The largest absolute Gasteiger partial charge is 0.314 e. The molecule has 13 heavy (non-hydrogen) atoms. The standard InChI is InChI=1S/C10H15N3/c1-3-9(4-5-11)10-8-12-6-7-13(10)2/h1,9-10,12H,4,6-8H2,2H3. The highest BCUT2D eigenvalue weighted by atomic mass is 15.2. The summed E-state index contributed by atoms with van der Waals surface area (Å²) >= 11 is 0. The number of terminal acetylenes is 1. The molecule has 0 aromatic heterocycles. The summed E-state index contributed by atoms with van der Waals surface area (Å²) in [5.41, 5.74) is 0. The van der Waals surface area contributed by atoms with Gasteiger partial charge in [0.25, 0.3) is 0 Å². The fraction of sp³-hybridized carbons (Fsp3) is 0.700. The monoisotopic (exact) mass is 177 g/mol. The first-order valence-corrected chi connectivity index (χ1v) is 4.53. The molecule has 2 atom stereocenters. The number of likely N-dealkylation sites (N-methyl/N-ethyl adjacent to an activating group) is 1. The molecule has 1 aliphatic rings. The number of hydrogen-bond donors (Lipinski definition) is 1. The quantitative estimate of drug-likeness (QED) is 0.606. The molecule has 1 rings (SSSR count). The van der Waals surface area contributed by atoms with Crippen LogP contribution in [0.15, 0.2) is 0 Å². The summed E-state index contributed by atoms with van der Waals surface area (Å²) in [5.74, 6) is 2.76. The van der Waals surface area contributed by atoms with Gasteiger partial charge in [0, 0.05) is 31.6 Å². The Morgan fingerprint density at radius 2 is 2.54 bits per heavy atom. The molecule has 3 heteroatoms. The van der Waals surface area contributed by atoms with E-state index in [1.807, 2.05) is 0 Å². The third-order valence-electron chi connectivity index (χ3n) is 2.55. The first kappa shape index (κ1) is 10.1. The topological polar surface area (TPSA) is 39.1 Å². The molecular weight excluding hydrogens is 162 g/mol. The average Bonchev–Trinajstić information content (AvgIpc) is 2.16. The molecular formula is C10H15N3. The maximum atomic E-state index is 8.60. The number of piperazine rings is 1. The van der Waals surface area contributed by atoms with E-state index in [9.17, 15) is 0 Å². The van der Waals surface area contributed by atoms with E-state index in [-0.39, 0.29) is 5.92 Å². The summed E-state index contributed by atoms with van der Waals surface area (Å²) < 4.78 is 0. The highest BCUT2D eigenvalue weighted by Gasteiger charge is 2.25. The molecule has 0 aromatic rings. The van der Waals surface area contributed by atoms with Gasteiger partial charge in [0.1, 0.15) is 0 Å². The van der Waals surface area contributed by atoms with E-state index < -0.39 is 0 Å². The van der Waals surface area contributed by atoms with Crippen molar-refractivity contribution in [3.8, 4) is 18.4 Å². The van der Waals surface area contributed by atoms with Crippen LogP contribution in [-0.2, 0) is 0 Å². The minimum absolute atomic E-state index is 0.0581. The third-order valence-corrected chi connectivity index (χ3v) is 2.55. The molecule has 0 spiro atoms. The van der Waals surface area contributed by atoms with Crippen molar-refractivity contribution in [2.45, 2.75) is 12.5 Å². The van der Waals surface area contributed by atoms with Crippen LogP contribution in [-0.4, -0.2) is 37.6 Å². The van der Waals surface area contributed by atoms with E-state index >= 15 is 0 Å². The highest BCUT2D eigenvalue weighted by Crippen LogP contribution is 2.14. The van der Waals surface area contributed by atoms with Crippen molar-refractivity contribution in [3.63, 3.8) is 0 Å². The van der Waals surface area contributed by atoms with Gasteiger partial charge in [0.05, 0.1) is 12.5 Å². The van der Waals surface area contributed by atoms with E-state index in [1.165, 1.54) is 0 Å². The van der Waals surface area contributed by atoms with Crippen molar-refractivity contribution in [1.29, 1.82) is 5.26 Å². The predicted octanol–water partition coefficient (Wildman–Crippen LogP) is 0.0531. The normalized spacial score (nSPS) is 25.9. The van der Waals surface area contributed by atoms with Crippen LogP contribution in [0.25, 0.3) is 0 Å². The van der Waals surface area contributed by atoms with E-state index in [0.717, 1.165) is 19.6 Å². The number of nitrogens with one attached hydrogen (secondary N) is 1. The lowest BCUT2D eigenvalue weighted by Crippen LogP contribution is -2.52. The Morgan fingerprint density at radius 3 is 3.08 bits per heavy atom. The lowest BCUT2D eigenvalue weighted by Gasteiger charge is -2.35. The van der Waals surface area contributed by atoms with E-state index in [0.29, 0.717) is 12.5 Å². The molecule has 1 N–H and O–H groups in total. The molecule has 0 aliphatic carbocycles. The van der Waals surface area contributed by atoms with Crippen LogP contribution in [0.1, 0.15) is 6.42 Å². The Kier molecular flexibility index (Phi) is 3.76. The molecule has 0 saturated carbocycles. The van der Waals surface area contributed by atoms with Gasteiger partial charge in [-0.25, -0.2) is 0 Å². The molecule has 70 valence electrons. The van der Waals surface area contributed by atoms with Crippen LogP contribution < -0.4 is 5.32 Å². The maximum Gasteiger partial charge on any atom is 0.0635 e. The molecule has 0 radical (unpaired) electrons. The lowest BCUT2D eigenvalue weighted by molar-refractivity contribution is 0.166. The zero-order chi connectivity index (χ0) is 9.68. The number of nitriles is 1. The maximum absolute atomic E-state index is 8.60. The lowest BCUT2D eigenvalue weighted by atomic mass is 9.95. The molecule has 3 nitrogen and oxygen atoms in total. The summed E-state index contributed by atoms with van der Waals surface area (Å²) in [6.07, 6.45) is 5.85. The second-order valence-electron chi connectivity index (χ2n) is 3.39. The zero-order valence-corrected chi connectivity index (χ0v) is 7.95. The summed E-state index contributed by atoms with van der Waals surface area (Å²) in [5, 5.41) is 11.9. The van der Waals surface area contributed by atoms with Crippen molar-refractivity contribution in [1.82, 2.24) is 10.2 Å². The average molecular weight is 177 g/mol. The molecule has 1 saturated heterocycles. The Labute approximate surface area is 79.7 Å². The van der Waals surface area contributed by atoms with Gasteiger partial charge >= 0.3 is 0 Å². The smallest absolute Gasteiger partial charge is 0.0635 e. The van der Waals surface area contributed by atoms with Crippen molar-refractivity contribution < 1.29 is 0 Å². The summed E-state index contributed by atoms with van der Waals surface area (Å²) in [4.78, 5) is 2.23. The first-order chi connectivity index (χ1) is 6.29. The molecule has 1 heterocycles. The summed E-state index contributed by atoms with van der Waals surface area (Å²) in [6.45, 7) is 2.91. The van der Waals surface area contributed by atoms with Gasteiger partial charge in [-0.1, -0.05) is 0 Å². The minimum Gasteiger partial charge on any atom is -0.314 e. The Morgan fingerprint density at radius 1 is 1.77 bits per heavy atom. The van der Waals surface area contributed by atoms with Gasteiger partial charge in [-0.3, -0.25) is 4.90 Å². The van der Waals surface area contributed by atoms with E-state index in [2.05, 4.69) is 29.3 Å². The fourth-order valence-electron chi connectivity index (χ4n) is 1.68. The Hall–Kier alpha value is -1.03. The molecule has 0 amide bonds. The van der Waals surface area contributed by atoms with E-state index in [1.54, 1.807) is 0 Å². The van der Waals surface area contributed by atoms with Gasteiger partial charge in [-0.05, 0) is 7.05 Å². The molecule has 2 unspecified atom stereocenters. The minimum atomic E-state index is 0.0581. The number of rotatable bonds is 2. The molecule has 1 aliphatic heterocycles. The van der Waals surface area contributed by atoms with E-state index in [4.69, 9.17) is 11.7 Å². The van der Waals surface area contributed by atoms with Gasteiger partial charge in [0.2, 0.25) is 0 Å².